The Balaban J connectivity index is 2.06. The van der Waals surface area contributed by atoms with Crippen LogP contribution in [0.3, 0.4) is 0 Å². The molecule has 0 spiro atoms. The molecule has 0 unspecified atom stereocenters. The van der Waals surface area contributed by atoms with Crippen LogP contribution < -0.4 is 5.32 Å². The molecule has 0 radical (unpaired) electrons. The average molecular weight is 308 g/mol. The second-order valence-electron chi connectivity index (χ2n) is 3.79. The summed E-state index contributed by atoms with van der Waals surface area (Å²) in [5.41, 5.74) is 1.02. The maximum atomic E-state index is 13.5. The van der Waals surface area contributed by atoms with E-state index in [1.807, 2.05) is 30.3 Å². The number of carbonyl (C=O) groups is 1. The molecule has 0 aliphatic heterocycles. The molecule has 0 fully saturated rings. The maximum Gasteiger partial charge on any atom is 0.254 e. The topological polar surface area (TPSA) is 29.1 Å². The summed E-state index contributed by atoms with van der Waals surface area (Å²) in [4.78, 5) is 11.8. The monoisotopic (exact) mass is 307 g/mol. The summed E-state index contributed by atoms with van der Waals surface area (Å²) >= 11 is 3.21. The molecule has 1 amide bonds. The molecule has 4 heteroatoms. The van der Waals surface area contributed by atoms with Gasteiger partial charge in [-0.15, -0.1) is 0 Å². The van der Waals surface area contributed by atoms with Crippen LogP contribution in [-0.2, 0) is 6.54 Å². The van der Waals surface area contributed by atoms with Gasteiger partial charge in [-0.2, -0.15) is 0 Å². The molecule has 0 bridgehead atoms. The van der Waals surface area contributed by atoms with E-state index in [9.17, 15) is 9.18 Å². The average Bonchev–Trinajstić information content (AvgIpc) is 2.40. The van der Waals surface area contributed by atoms with E-state index in [-0.39, 0.29) is 5.56 Å². The van der Waals surface area contributed by atoms with Crippen LogP contribution in [0.15, 0.2) is 53.0 Å². The van der Waals surface area contributed by atoms with E-state index >= 15 is 0 Å². The predicted octanol–water partition coefficient (Wildman–Crippen LogP) is 3.52. The van der Waals surface area contributed by atoms with Crippen molar-refractivity contribution in [3.63, 3.8) is 0 Å². The number of nitrogens with one attached hydrogen (secondary N) is 1. The van der Waals surface area contributed by atoms with Gasteiger partial charge in [0.25, 0.3) is 5.91 Å². The summed E-state index contributed by atoms with van der Waals surface area (Å²) in [6.45, 7) is 0.381. The number of halogens is 2. The molecule has 18 heavy (non-hydrogen) atoms. The van der Waals surface area contributed by atoms with E-state index < -0.39 is 11.7 Å². The van der Waals surface area contributed by atoms with Crippen LogP contribution in [0.2, 0.25) is 0 Å². The Labute approximate surface area is 113 Å². The van der Waals surface area contributed by atoms with E-state index in [0.29, 0.717) is 11.0 Å². The Morgan fingerprint density at radius 1 is 1.17 bits per heavy atom. The van der Waals surface area contributed by atoms with Crippen LogP contribution in [0, 0.1) is 5.82 Å². The van der Waals surface area contributed by atoms with Gasteiger partial charge < -0.3 is 5.32 Å². The van der Waals surface area contributed by atoms with Gasteiger partial charge in [0.15, 0.2) is 0 Å². The van der Waals surface area contributed by atoms with Crippen LogP contribution in [0.4, 0.5) is 4.39 Å². The van der Waals surface area contributed by atoms with Gasteiger partial charge in [-0.1, -0.05) is 46.3 Å². The van der Waals surface area contributed by atoms with E-state index in [1.165, 1.54) is 12.1 Å². The van der Waals surface area contributed by atoms with Crippen molar-refractivity contribution in [2.45, 2.75) is 6.54 Å². The van der Waals surface area contributed by atoms with Crippen LogP contribution >= 0.6 is 15.9 Å². The van der Waals surface area contributed by atoms with Crippen molar-refractivity contribution in [1.29, 1.82) is 0 Å². The lowest BCUT2D eigenvalue weighted by molar-refractivity contribution is 0.0947. The summed E-state index contributed by atoms with van der Waals surface area (Å²) in [6.07, 6.45) is 0. The Bertz CT molecular complexity index is 557. The standard InChI is InChI=1S/C14H11BrFNO/c15-11-6-7-13(16)12(8-11)14(18)17-9-10-4-2-1-3-5-10/h1-8H,9H2,(H,17,18). The molecular weight excluding hydrogens is 297 g/mol. The fourth-order valence-electron chi connectivity index (χ4n) is 1.54. The normalized spacial score (nSPS) is 10.1. The molecular formula is C14H11BrFNO. The number of carbonyl (C=O) groups excluding carboxylic acids is 1. The fourth-order valence-corrected chi connectivity index (χ4v) is 1.91. The third-order valence-corrected chi connectivity index (χ3v) is 2.96. The van der Waals surface area contributed by atoms with Crippen molar-refractivity contribution in [2.24, 2.45) is 0 Å². The molecule has 2 rings (SSSR count). The smallest absolute Gasteiger partial charge is 0.254 e. The lowest BCUT2D eigenvalue weighted by Gasteiger charge is -2.06. The Morgan fingerprint density at radius 2 is 1.89 bits per heavy atom. The summed E-state index contributed by atoms with van der Waals surface area (Å²) in [6, 6.07) is 13.8. The third kappa shape index (κ3) is 3.17. The lowest BCUT2D eigenvalue weighted by Crippen LogP contribution is -2.23. The zero-order chi connectivity index (χ0) is 13.0. The largest absolute Gasteiger partial charge is 0.348 e. The highest BCUT2D eigenvalue weighted by Gasteiger charge is 2.11. The zero-order valence-corrected chi connectivity index (χ0v) is 11.1. The van der Waals surface area contributed by atoms with Crippen molar-refractivity contribution in [3.8, 4) is 0 Å². The molecule has 0 aliphatic rings. The number of hydrogen-bond acceptors (Lipinski definition) is 1. The summed E-state index contributed by atoms with van der Waals surface area (Å²) in [5.74, 6) is -0.943. The molecule has 0 heterocycles. The first kappa shape index (κ1) is 12.8. The van der Waals surface area contributed by atoms with Gasteiger partial charge >= 0.3 is 0 Å². The van der Waals surface area contributed by atoms with Crippen molar-refractivity contribution >= 4 is 21.8 Å². The minimum absolute atomic E-state index is 0.0420. The van der Waals surface area contributed by atoms with Gasteiger partial charge in [0.05, 0.1) is 5.56 Å². The minimum Gasteiger partial charge on any atom is -0.348 e. The van der Waals surface area contributed by atoms with Gasteiger partial charge in [-0.25, -0.2) is 4.39 Å². The SMILES string of the molecule is O=C(NCc1ccccc1)c1cc(Br)ccc1F. The summed E-state index contributed by atoms with van der Waals surface area (Å²) in [5, 5.41) is 2.68. The van der Waals surface area contributed by atoms with Gasteiger partial charge in [0.1, 0.15) is 5.82 Å². The Hall–Kier alpha value is -1.68. The van der Waals surface area contributed by atoms with Crippen LogP contribution in [0.1, 0.15) is 15.9 Å². The second-order valence-corrected chi connectivity index (χ2v) is 4.71. The van der Waals surface area contributed by atoms with Crippen LogP contribution in [0.25, 0.3) is 0 Å². The zero-order valence-electron chi connectivity index (χ0n) is 9.49. The Kier molecular flexibility index (Phi) is 4.10. The molecule has 2 nitrogen and oxygen atoms in total. The highest BCUT2D eigenvalue weighted by Crippen LogP contribution is 2.15. The molecule has 0 saturated carbocycles. The van der Waals surface area contributed by atoms with Gasteiger partial charge in [-0.3, -0.25) is 4.79 Å². The molecule has 2 aromatic rings. The van der Waals surface area contributed by atoms with Crippen molar-refractivity contribution < 1.29 is 9.18 Å². The van der Waals surface area contributed by atoms with Gasteiger partial charge in [0.2, 0.25) is 0 Å². The highest BCUT2D eigenvalue weighted by molar-refractivity contribution is 9.10. The predicted molar refractivity (Wildman–Crippen MR) is 71.7 cm³/mol. The van der Waals surface area contributed by atoms with E-state index in [1.54, 1.807) is 6.07 Å². The van der Waals surface area contributed by atoms with Crippen molar-refractivity contribution in [3.05, 3.63) is 69.9 Å². The van der Waals surface area contributed by atoms with Crippen LogP contribution in [0.5, 0.6) is 0 Å². The molecule has 2 aromatic carbocycles. The van der Waals surface area contributed by atoms with E-state index in [4.69, 9.17) is 0 Å². The van der Waals surface area contributed by atoms with Gasteiger partial charge in [-0.05, 0) is 23.8 Å². The highest BCUT2D eigenvalue weighted by atomic mass is 79.9. The first-order valence-corrected chi connectivity index (χ1v) is 6.23. The minimum atomic E-state index is -0.524. The van der Waals surface area contributed by atoms with Crippen LogP contribution in [-0.4, -0.2) is 5.91 Å². The molecule has 0 atom stereocenters. The number of hydrogen-bond donors (Lipinski definition) is 1. The first-order valence-electron chi connectivity index (χ1n) is 5.44. The van der Waals surface area contributed by atoms with Crippen molar-refractivity contribution in [2.75, 3.05) is 0 Å². The van der Waals surface area contributed by atoms with E-state index in [2.05, 4.69) is 21.2 Å². The number of amides is 1. The van der Waals surface area contributed by atoms with E-state index in [0.717, 1.165) is 5.56 Å². The van der Waals surface area contributed by atoms with Gasteiger partial charge in [0, 0.05) is 11.0 Å². The quantitative estimate of drug-likeness (QED) is 0.923. The molecule has 0 saturated heterocycles. The molecule has 0 aromatic heterocycles. The number of benzene rings is 2. The van der Waals surface area contributed by atoms with Crippen molar-refractivity contribution in [1.82, 2.24) is 5.32 Å². The lowest BCUT2D eigenvalue weighted by atomic mass is 10.2. The molecule has 1 N–H and O–H groups in total. The summed E-state index contributed by atoms with van der Waals surface area (Å²) < 4.78 is 14.1. The molecule has 0 aliphatic carbocycles. The second kappa shape index (κ2) is 5.78. The fraction of sp³-hybridized carbons (Fsp3) is 0.0714. The first-order chi connectivity index (χ1) is 8.66. The number of rotatable bonds is 3. The summed E-state index contributed by atoms with van der Waals surface area (Å²) in [7, 11) is 0. The Morgan fingerprint density at radius 3 is 2.61 bits per heavy atom. The molecule has 92 valence electrons. The third-order valence-electron chi connectivity index (χ3n) is 2.47. The maximum absolute atomic E-state index is 13.5.